The van der Waals surface area contributed by atoms with Crippen LogP contribution in [0.15, 0.2) is 46.0 Å². The first-order valence-corrected chi connectivity index (χ1v) is 7.41. The second kappa shape index (κ2) is 6.20. The highest BCUT2D eigenvalue weighted by Crippen LogP contribution is 2.22. The van der Waals surface area contributed by atoms with Crippen LogP contribution in [-0.4, -0.2) is 21.3 Å². The predicted molar refractivity (Wildman–Crippen MR) is 77.1 cm³/mol. The second-order valence-electron chi connectivity index (χ2n) is 3.75. The summed E-state index contributed by atoms with van der Waals surface area (Å²) < 4.78 is 2.79. The molecule has 0 bridgehead atoms. The van der Waals surface area contributed by atoms with Gasteiger partial charge >= 0.3 is 0 Å². The normalized spacial score (nSPS) is 10.6. The van der Waals surface area contributed by atoms with Crippen molar-refractivity contribution in [2.45, 2.75) is 18.4 Å². The predicted octanol–water partition coefficient (Wildman–Crippen LogP) is 3.64. The van der Waals surface area contributed by atoms with E-state index in [2.05, 4.69) is 21.0 Å². The molecule has 1 aromatic carbocycles. The number of carbonyl (C=O) groups is 1. The number of ketones is 1. The molecule has 0 N–H and O–H groups in total. The minimum Gasteiger partial charge on any atom is -0.293 e. The van der Waals surface area contributed by atoms with Crippen LogP contribution in [0.3, 0.4) is 0 Å². The van der Waals surface area contributed by atoms with Crippen molar-refractivity contribution >= 4 is 33.5 Å². The summed E-state index contributed by atoms with van der Waals surface area (Å²) in [7, 11) is 0. The van der Waals surface area contributed by atoms with Crippen LogP contribution < -0.4 is 0 Å². The molecule has 1 heterocycles. The molecule has 0 aliphatic rings. The lowest BCUT2D eigenvalue weighted by Gasteiger charge is -2.00. The van der Waals surface area contributed by atoms with Gasteiger partial charge in [-0.3, -0.25) is 9.48 Å². The first kappa shape index (κ1) is 13.4. The lowest BCUT2D eigenvalue weighted by Crippen LogP contribution is -2.01. The molecule has 0 radical (unpaired) electrons. The molecule has 0 unspecified atom stereocenters. The molecule has 0 aliphatic carbocycles. The lowest BCUT2D eigenvalue weighted by atomic mass is 10.3. The molecular formula is C13H13BrN2OS. The topological polar surface area (TPSA) is 34.9 Å². The van der Waals surface area contributed by atoms with Crippen molar-refractivity contribution in [3.63, 3.8) is 0 Å². The Morgan fingerprint density at radius 1 is 1.50 bits per heavy atom. The van der Waals surface area contributed by atoms with Gasteiger partial charge in [-0.25, -0.2) is 0 Å². The number of hydrogen-bond acceptors (Lipinski definition) is 3. The Bertz CT molecular complexity index is 553. The number of nitrogens with zero attached hydrogens (tertiary/aromatic N) is 2. The van der Waals surface area contributed by atoms with Gasteiger partial charge in [-0.1, -0.05) is 22.0 Å². The second-order valence-corrected chi connectivity index (χ2v) is 5.72. The van der Waals surface area contributed by atoms with Crippen molar-refractivity contribution < 1.29 is 4.79 Å². The third-order valence-corrected chi connectivity index (χ3v) is 3.93. The molecule has 0 saturated heterocycles. The fourth-order valence-corrected chi connectivity index (χ4v) is 2.87. The number of benzene rings is 1. The van der Waals surface area contributed by atoms with Crippen LogP contribution in [0.25, 0.3) is 0 Å². The molecule has 0 atom stereocenters. The van der Waals surface area contributed by atoms with E-state index in [1.807, 2.05) is 31.2 Å². The summed E-state index contributed by atoms with van der Waals surface area (Å²) in [5, 5.41) is 4.10. The van der Waals surface area contributed by atoms with Gasteiger partial charge in [-0.15, -0.1) is 11.8 Å². The smallest absolute Gasteiger partial charge is 0.176 e. The molecule has 0 amide bonds. The number of carbonyl (C=O) groups excluding carboxylic acids is 1. The molecule has 3 nitrogen and oxygen atoms in total. The zero-order valence-electron chi connectivity index (χ0n) is 9.97. The molecule has 1 aromatic heterocycles. The van der Waals surface area contributed by atoms with Crippen LogP contribution in [0, 0.1) is 0 Å². The molecule has 0 spiro atoms. The Kier molecular flexibility index (Phi) is 4.60. The van der Waals surface area contributed by atoms with Gasteiger partial charge in [0, 0.05) is 22.1 Å². The van der Waals surface area contributed by atoms with E-state index in [0.717, 1.165) is 15.9 Å². The molecule has 2 rings (SSSR count). The highest BCUT2D eigenvalue weighted by molar-refractivity contribution is 9.10. The summed E-state index contributed by atoms with van der Waals surface area (Å²) in [6.45, 7) is 2.78. The van der Waals surface area contributed by atoms with Crippen LogP contribution in [-0.2, 0) is 6.54 Å². The number of Topliss-reactive ketones (excluding diaryl/α,β-unsaturated/α-hetero) is 1. The van der Waals surface area contributed by atoms with Crippen molar-refractivity contribution in [1.82, 2.24) is 9.78 Å². The van der Waals surface area contributed by atoms with Gasteiger partial charge in [-0.2, -0.15) is 5.10 Å². The van der Waals surface area contributed by atoms with Gasteiger partial charge in [0.1, 0.15) is 0 Å². The van der Waals surface area contributed by atoms with Crippen LogP contribution in [0.4, 0.5) is 0 Å². The minimum absolute atomic E-state index is 0.111. The summed E-state index contributed by atoms with van der Waals surface area (Å²) in [5.41, 5.74) is 0.680. The van der Waals surface area contributed by atoms with Gasteiger partial charge in [0.15, 0.2) is 5.78 Å². The van der Waals surface area contributed by atoms with Crippen LogP contribution >= 0.6 is 27.7 Å². The third kappa shape index (κ3) is 3.46. The molecule has 0 aliphatic heterocycles. The molecule has 0 fully saturated rings. The van der Waals surface area contributed by atoms with Crippen LogP contribution in [0.5, 0.6) is 0 Å². The Balaban J connectivity index is 1.96. The average Bonchev–Trinajstić information content (AvgIpc) is 2.85. The van der Waals surface area contributed by atoms with Gasteiger partial charge in [0.2, 0.25) is 0 Å². The first-order chi connectivity index (χ1) is 8.69. The molecule has 18 heavy (non-hydrogen) atoms. The van der Waals surface area contributed by atoms with Crippen molar-refractivity contribution in [2.24, 2.45) is 0 Å². The van der Waals surface area contributed by atoms with E-state index < -0.39 is 0 Å². The van der Waals surface area contributed by atoms with E-state index >= 15 is 0 Å². The number of aryl methyl sites for hydroxylation is 1. The molecule has 94 valence electrons. The number of aromatic nitrogens is 2. The van der Waals surface area contributed by atoms with Gasteiger partial charge in [0.05, 0.1) is 17.5 Å². The fraction of sp³-hybridized carbons (Fsp3) is 0.231. The molecular weight excluding hydrogens is 312 g/mol. The summed E-state index contributed by atoms with van der Waals surface area (Å²) in [5.74, 6) is 0.547. The van der Waals surface area contributed by atoms with E-state index in [1.54, 1.807) is 17.1 Å². The highest BCUT2D eigenvalue weighted by Gasteiger charge is 2.09. The summed E-state index contributed by atoms with van der Waals surface area (Å²) in [6.07, 6.45) is 3.43. The lowest BCUT2D eigenvalue weighted by molar-refractivity contribution is 0.102. The average molecular weight is 325 g/mol. The number of thioether (sulfide) groups is 1. The zero-order chi connectivity index (χ0) is 13.0. The van der Waals surface area contributed by atoms with Gasteiger partial charge < -0.3 is 0 Å². The SMILES string of the molecule is CCn1cc(C(=O)CSc2cccc(Br)c2)cn1. The molecule has 0 saturated carbocycles. The Morgan fingerprint density at radius 2 is 2.33 bits per heavy atom. The number of hydrogen-bond donors (Lipinski definition) is 0. The first-order valence-electron chi connectivity index (χ1n) is 5.63. The summed E-state index contributed by atoms with van der Waals surface area (Å²) in [6, 6.07) is 7.94. The van der Waals surface area contributed by atoms with Crippen LogP contribution in [0.2, 0.25) is 0 Å². The van der Waals surface area contributed by atoms with E-state index in [0.29, 0.717) is 11.3 Å². The summed E-state index contributed by atoms with van der Waals surface area (Å²) in [4.78, 5) is 13.0. The maximum Gasteiger partial charge on any atom is 0.176 e. The highest BCUT2D eigenvalue weighted by atomic mass is 79.9. The maximum atomic E-state index is 11.9. The Labute approximate surface area is 119 Å². The monoisotopic (exact) mass is 324 g/mol. The standard InChI is InChI=1S/C13H13BrN2OS/c1-2-16-8-10(7-15-16)13(17)9-18-12-5-3-4-11(14)6-12/h3-8H,2,9H2,1H3. The largest absolute Gasteiger partial charge is 0.293 e. The van der Waals surface area contributed by atoms with Gasteiger partial charge in [0.25, 0.3) is 0 Å². The number of halogens is 1. The quantitative estimate of drug-likeness (QED) is 0.622. The van der Waals surface area contributed by atoms with Crippen molar-refractivity contribution in [3.8, 4) is 0 Å². The number of rotatable bonds is 5. The molecule has 2 aromatic rings. The van der Waals surface area contributed by atoms with E-state index in [9.17, 15) is 4.79 Å². The Morgan fingerprint density at radius 3 is 3.00 bits per heavy atom. The van der Waals surface area contributed by atoms with E-state index in [1.165, 1.54) is 11.8 Å². The van der Waals surface area contributed by atoms with Crippen molar-refractivity contribution in [2.75, 3.05) is 5.75 Å². The minimum atomic E-state index is 0.111. The van der Waals surface area contributed by atoms with Crippen molar-refractivity contribution in [3.05, 3.63) is 46.7 Å². The molecule has 5 heteroatoms. The zero-order valence-corrected chi connectivity index (χ0v) is 12.4. The fourth-order valence-electron chi connectivity index (χ4n) is 1.47. The van der Waals surface area contributed by atoms with E-state index in [4.69, 9.17) is 0 Å². The van der Waals surface area contributed by atoms with Gasteiger partial charge in [-0.05, 0) is 25.1 Å². The van der Waals surface area contributed by atoms with Crippen molar-refractivity contribution in [1.29, 1.82) is 0 Å². The third-order valence-electron chi connectivity index (χ3n) is 2.45. The van der Waals surface area contributed by atoms with E-state index in [-0.39, 0.29) is 5.78 Å². The summed E-state index contributed by atoms with van der Waals surface area (Å²) >= 11 is 4.95. The van der Waals surface area contributed by atoms with Crippen LogP contribution in [0.1, 0.15) is 17.3 Å². The Hall–Kier alpha value is -1.07. The maximum absolute atomic E-state index is 11.9.